The van der Waals surface area contributed by atoms with Crippen LogP contribution in [0.25, 0.3) is 0 Å². The van der Waals surface area contributed by atoms with E-state index in [0.29, 0.717) is 17.3 Å². The molecule has 0 aliphatic heterocycles. The van der Waals surface area contributed by atoms with Crippen molar-refractivity contribution >= 4 is 23.0 Å². The van der Waals surface area contributed by atoms with Crippen molar-refractivity contribution in [1.82, 2.24) is 0 Å². The molecule has 2 aromatic carbocycles. The van der Waals surface area contributed by atoms with Crippen LogP contribution in [0.5, 0.6) is 0 Å². The second-order valence-corrected chi connectivity index (χ2v) is 4.84. The van der Waals surface area contributed by atoms with E-state index < -0.39 is 10.7 Å². The number of nitro groups is 1. The highest BCUT2D eigenvalue weighted by Gasteiger charge is 2.12. The highest BCUT2D eigenvalue weighted by atomic mass is 35.5. The summed E-state index contributed by atoms with van der Waals surface area (Å²) < 4.78 is 13.4. The quantitative estimate of drug-likeness (QED) is 0.632. The number of nitro benzene ring substituents is 1. The van der Waals surface area contributed by atoms with Crippen LogP contribution >= 0.6 is 11.6 Å². The fourth-order valence-corrected chi connectivity index (χ4v) is 1.97. The number of hydrogen-bond donors (Lipinski definition) is 0. The maximum absolute atomic E-state index is 13.4. The Kier molecular flexibility index (Phi) is 4.20. The standard InChI is InChI=1S/C14H12ClFN2O2/c1-17(9-10-2-4-11(15)5-3-10)13-6-12(16)7-14(8-13)18(19)20/h2-8H,9H2,1H3. The third kappa shape index (κ3) is 3.45. The lowest BCUT2D eigenvalue weighted by atomic mass is 10.2. The molecule has 2 aromatic rings. The van der Waals surface area contributed by atoms with Crippen molar-refractivity contribution in [3.05, 3.63) is 69.0 Å². The fourth-order valence-electron chi connectivity index (χ4n) is 1.84. The maximum atomic E-state index is 13.4. The van der Waals surface area contributed by atoms with Gasteiger partial charge in [-0.25, -0.2) is 4.39 Å². The van der Waals surface area contributed by atoms with Gasteiger partial charge in [0.15, 0.2) is 0 Å². The van der Waals surface area contributed by atoms with Crippen LogP contribution in [0.15, 0.2) is 42.5 Å². The van der Waals surface area contributed by atoms with Crippen molar-refractivity contribution in [2.24, 2.45) is 0 Å². The van der Waals surface area contributed by atoms with Gasteiger partial charge in [-0.05, 0) is 23.8 Å². The van der Waals surface area contributed by atoms with E-state index in [-0.39, 0.29) is 5.69 Å². The highest BCUT2D eigenvalue weighted by Crippen LogP contribution is 2.24. The summed E-state index contributed by atoms with van der Waals surface area (Å²) in [6.45, 7) is 0.498. The summed E-state index contributed by atoms with van der Waals surface area (Å²) >= 11 is 5.80. The first-order valence-corrected chi connectivity index (χ1v) is 6.24. The molecular weight excluding hydrogens is 283 g/mol. The van der Waals surface area contributed by atoms with Gasteiger partial charge in [0.1, 0.15) is 5.82 Å². The summed E-state index contributed by atoms with van der Waals surface area (Å²) in [6.07, 6.45) is 0. The summed E-state index contributed by atoms with van der Waals surface area (Å²) in [6, 6.07) is 10.7. The number of nitrogens with zero attached hydrogens (tertiary/aromatic N) is 2. The lowest BCUT2D eigenvalue weighted by molar-refractivity contribution is -0.385. The minimum Gasteiger partial charge on any atom is -0.370 e. The van der Waals surface area contributed by atoms with Gasteiger partial charge in [0, 0.05) is 30.4 Å². The molecule has 0 amide bonds. The fraction of sp³-hybridized carbons (Fsp3) is 0.143. The zero-order chi connectivity index (χ0) is 14.7. The average Bonchev–Trinajstić information content (AvgIpc) is 2.40. The van der Waals surface area contributed by atoms with Crippen LogP contribution in [-0.2, 0) is 6.54 Å². The third-order valence-corrected chi connectivity index (χ3v) is 3.10. The van der Waals surface area contributed by atoms with Crippen molar-refractivity contribution in [3.63, 3.8) is 0 Å². The van der Waals surface area contributed by atoms with Crippen molar-refractivity contribution in [2.45, 2.75) is 6.54 Å². The van der Waals surface area contributed by atoms with Crippen molar-refractivity contribution in [3.8, 4) is 0 Å². The minimum atomic E-state index is -0.628. The minimum absolute atomic E-state index is 0.261. The van der Waals surface area contributed by atoms with E-state index in [9.17, 15) is 14.5 Å². The molecule has 0 radical (unpaired) electrons. The number of halogens is 2. The molecule has 0 aromatic heterocycles. The number of anilines is 1. The van der Waals surface area contributed by atoms with Crippen LogP contribution in [0.4, 0.5) is 15.8 Å². The van der Waals surface area contributed by atoms with Crippen molar-refractivity contribution in [2.75, 3.05) is 11.9 Å². The number of non-ortho nitro benzene ring substituents is 1. The Morgan fingerprint density at radius 2 is 1.90 bits per heavy atom. The molecule has 0 N–H and O–H groups in total. The van der Waals surface area contributed by atoms with E-state index in [2.05, 4.69) is 0 Å². The van der Waals surface area contributed by atoms with Crippen molar-refractivity contribution in [1.29, 1.82) is 0 Å². The van der Waals surface area contributed by atoms with Gasteiger partial charge in [0.25, 0.3) is 5.69 Å². The third-order valence-electron chi connectivity index (χ3n) is 2.85. The Hall–Kier alpha value is -2.14. The number of rotatable bonds is 4. The summed E-state index contributed by atoms with van der Waals surface area (Å²) in [5.74, 6) is -0.628. The topological polar surface area (TPSA) is 46.4 Å². The smallest absolute Gasteiger partial charge is 0.274 e. The van der Waals surface area contributed by atoms with Gasteiger partial charge in [-0.2, -0.15) is 0 Å². The molecule has 0 fully saturated rings. The van der Waals surface area contributed by atoms with Crippen LogP contribution in [0, 0.1) is 15.9 Å². The van der Waals surface area contributed by atoms with Crippen LogP contribution in [0.2, 0.25) is 5.02 Å². The zero-order valence-corrected chi connectivity index (χ0v) is 11.5. The van der Waals surface area contributed by atoms with Gasteiger partial charge in [0.05, 0.1) is 11.0 Å². The molecule has 0 aliphatic carbocycles. The SMILES string of the molecule is CN(Cc1ccc(Cl)cc1)c1cc(F)cc([N+](=O)[O-])c1. The largest absolute Gasteiger partial charge is 0.370 e. The van der Waals surface area contributed by atoms with Gasteiger partial charge in [-0.3, -0.25) is 10.1 Å². The molecule has 0 aliphatic rings. The van der Waals surface area contributed by atoms with Gasteiger partial charge in [-0.15, -0.1) is 0 Å². The molecule has 0 saturated carbocycles. The maximum Gasteiger partial charge on any atom is 0.274 e. The van der Waals surface area contributed by atoms with E-state index in [4.69, 9.17) is 11.6 Å². The van der Waals surface area contributed by atoms with E-state index >= 15 is 0 Å². The van der Waals surface area contributed by atoms with Crippen molar-refractivity contribution < 1.29 is 9.31 Å². The zero-order valence-electron chi connectivity index (χ0n) is 10.7. The molecular formula is C14H12ClFN2O2. The molecule has 0 spiro atoms. The van der Waals surface area contributed by atoms with Crippen LogP contribution < -0.4 is 4.90 Å². The van der Waals surface area contributed by atoms with Gasteiger partial charge in [-0.1, -0.05) is 23.7 Å². The Bertz CT molecular complexity index is 632. The van der Waals surface area contributed by atoms with Crippen LogP contribution in [-0.4, -0.2) is 12.0 Å². The monoisotopic (exact) mass is 294 g/mol. The Morgan fingerprint density at radius 3 is 2.50 bits per heavy atom. The highest BCUT2D eigenvalue weighted by molar-refractivity contribution is 6.30. The first-order valence-electron chi connectivity index (χ1n) is 5.86. The first-order chi connectivity index (χ1) is 9.45. The molecule has 104 valence electrons. The molecule has 0 heterocycles. The molecule has 6 heteroatoms. The van der Waals surface area contributed by atoms with E-state index in [1.165, 1.54) is 12.1 Å². The lowest BCUT2D eigenvalue weighted by Crippen LogP contribution is -2.16. The summed E-state index contributed by atoms with van der Waals surface area (Å²) in [7, 11) is 1.74. The second kappa shape index (κ2) is 5.88. The molecule has 20 heavy (non-hydrogen) atoms. The second-order valence-electron chi connectivity index (χ2n) is 4.41. The number of hydrogen-bond acceptors (Lipinski definition) is 3. The summed E-state index contributed by atoms with van der Waals surface area (Å²) in [4.78, 5) is 11.9. The summed E-state index contributed by atoms with van der Waals surface area (Å²) in [5, 5.41) is 11.4. The average molecular weight is 295 g/mol. The first kappa shape index (κ1) is 14.3. The lowest BCUT2D eigenvalue weighted by Gasteiger charge is -2.19. The molecule has 0 unspecified atom stereocenters. The van der Waals surface area contributed by atoms with E-state index in [1.807, 2.05) is 12.1 Å². The Labute approximate surface area is 120 Å². The number of benzene rings is 2. The van der Waals surface area contributed by atoms with Gasteiger partial charge < -0.3 is 4.90 Å². The van der Waals surface area contributed by atoms with Crippen LogP contribution in [0.3, 0.4) is 0 Å². The Morgan fingerprint density at radius 1 is 1.25 bits per heavy atom. The summed E-state index contributed by atoms with van der Waals surface area (Å²) in [5.41, 5.74) is 1.17. The molecule has 0 bridgehead atoms. The molecule has 0 saturated heterocycles. The van der Waals surface area contributed by atoms with Crippen LogP contribution in [0.1, 0.15) is 5.56 Å². The Balaban J connectivity index is 2.22. The predicted molar refractivity (Wildman–Crippen MR) is 76.6 cm³/mol. The van der Waals surface area contributed by atoms with Gasteiger partial charge >= 0.3 is 0 Å². The molecule has 4 nitrogen and oxygen atoms in total. The molecule has 0 atom stereocenters. The molecule has 2 rings (SSSR count). The van der Waals surface area contributed by atoms with E-state index in [1.54, 1.807) is 24.1 Å². The van der Waals surface area contributed by atoms with Gasteiger partial charge in [0.2, 0.25) is 0 Å². The normalized spacial score (nSPS) is 10.3. The predicted octanol–water partition coefficient (Wildman–Crippen LogP) is 4.02. The van der Waals surface area contributed by atoms with E-state index in [0.717, 1.165) is 11.6 Å².